The summed E-state index contributed by atoms with van der Waals surface area (Å²) in [6.45, 7) is 1.88. The molecule has 34 heavy (non-hydrogen) atoms. The molecule has 0 N–H and O–H groups in total. The third-order valence-corrected chi connectivity index (χ3v) is 6.85. The van der Waals surface area contributed by atoms with Crippen LogP contribution in [-0.2, 0) is 6.42 Å². The van der Waals surface area contributed by atoms with Crippen LogP contribution in [0.25, 0.3) is 11.1 Å². The zero-order valence-corrected chi connectivity index (χ0v) is 19.2. The first-order valence-corrected chi connectivity index (χ1v) is 11.8. The highest BCUT2D eigenvalue weighted by atomic mass is 35.5. The minimum absolute atomic E-state index is 0.0651. The summed E-state index contributed by atoms with van der Waals surface area (Å²) in [5.41, 5.74) is 2.80. The molecule has 0 unspecified atom stereocenters. The molecule has 0 aromatic heterocycles. The molecular weight excluding hydrogens is 458 g/mol. The summed E-state index contributed by atoms with van der Waals surface area (Å²) in [6, 6.07) is 14.0. The van der Waals surface area contributed by atoms with Gasteiger partial charge in [0.25, 0.3) is 11.8 Å². The second-order valence-electron chi connectivity index (χ2n) is 8.69. The zero-order chi connectivity index (χ0) is 23.8. The van der Waals surface area contributed by atoms with Crippen molar-refractivity contribution in [1.82, 2.24) is 4.90 Å². The lowest BCUT2D eigenvalue weighted by Gasteiger charge is -2.30. The summed E-state index contributed by atoms with van der Waals surface area (Å²) >= 11 is 6.12. The topological polar surface area (TPSA) is 40.6 Å². The fourth-order valence-corrected chi connectivity index (χ4v) is 5.04. The molecule has 174 valence electrons. The number of carbonyl (C=O) groups is 2. The number of hydrogen-bond acceptors (Lipinski definition) is 2. The Morgan fingerprint density at radius 3 is 2.38 bits per heavy atom. The Hall–Kier alpha value is -3.25. The summed E-state index contributed by atoms with van der Waals surface area (Å²) in [6.07, 6.45) is 3.35. The van der Waals surface area contributed by atoms with Gasteiger partial charge in [-0.25, -0.2) is 8.78 Å². The van der Waals surface area contributed by atoms with Crippen LogP contribution < -0.4 is 4.90 Å². The molecule has 5 rings (SSSR count). The smallest absolute Gasteiger partial charge is 0.262 e. The van der Waals surface area contributed by atoms with E-state index in [0.29, 0.717) is 41.8 Å². The number of aryl methyl sites for hydroxylation is 1. The Kier molecular flexibility index (Phi) is 6.09. The maximum atomic E-state index is 14.8. The first-order valence-electron chi connectivity index (χ1n) is 11.4. The van der Waals surface area contributed by atoms with Gasteiger partial charge in [0.15, 0.2) is 0 Å². The molecular formula is C27H23ClF2N2O2. The zero-order valence-electron chi connectivity index (χ0n) is 18.5. The minimum atomic E-state index is -0.664. The second-order valence-corrected chi connectivity index (χ2v) is 9.10. The molecule has 7 heteroatoms. The van der Waals surface area contributed by atoms with E-state index in [1.165, 1.54) is 35.2 Å². The van der Waals surface area contributed by atoms with Gasteiger partial charge in [-0.05, 0) is 79.3 Å². The Morgan fingerprint density at radius 1 is 0.824 bits per heavy atom. The fraction of sp³-hybridized carbons (Fsp3) is 0.259. The van der Waals surface area contributed by atoms with Crippen LogP contribution in [0.4, 0.5) is 14.5 Å². The number of amides is 2. The molecule has 2 amide bonds. The van der Waals surface area contributed by atoms with Gasteiger partial charge in [0.05, 0.1) is 10.6 Å². The number of benzene rings is 3. The van der Waals surface area contributed by atoms with Gasteiger partial charge >= 0.3 is 0 Å². The van der Waals surface area contributed by atoms with Crippen LogP contribution >= 0.6 is 11.6 Å². The van der Waals surface area contributed by atoms with E-state index >= 15 is 0 Å². The van der Waals surface area contributed by atoms with E-state index in [4.69, 9.17) is 11.6 Å². The van der Waals surface area contributed by atoms with Gasteiger partial charge < -0.3 is 9.80 Å². The number of halogens is 3. The van der Waals surface area contributed by atoms with Crippen LogP contribution in [0.5, 0.6) is 0 Å². The molecule has 1 fully saturated rings. The summed E-state index contributed by atoms with van der Waals surface area (Å²) in [4.78, 5) is 29.3. The van der Waals surface area contributed by atoms with Crippen molar-refractivity contribution in [2.45, 2.75) is 25.7 Å². The molecule has 2 aliphatic heterocycles. The number of anilines is 1. The highest BCUT2D eigenvalue weighted by Crippen LogP contribution is 2.35. The van der Waals surface area contributed by atoms with Crippen LogP contribution in [0.3, 0.4) is 0 Å². The van der Waals surface area contributed by atoms with Gasteiger partial charge in [0, 0.05) is 36.4 Å². The minimum Gasteiger partial charge on any atom is -0.339 e. The van der Waals surface area contributed by atoms with Crippen LogP contribution in [0.2, 0.25) is 5.02 Å². The molecule has 3 aromatic rings. The molecule has 1 saturated heterocycles. The monoisotopic (exact) mass is 480 g/mol. The molecule has 0 saturated carbocycles. The number of fused-ring (bicyclic) bond motifs is 1. The van der Waals surface area contributed by atoms with Gasteiger partial charge in [-0.1, -0.05) is 23.7 Å². The standard InChI is InChI=1S/C27H23ClF2N2O2/c28-21-6-3-7-23(30)25(21)27(34)32-14-4-5-18-15-17(9-11-24(18)32)20-16-19(8-10-22(20)29)26(33)31-12-1-2-13-31/h3,6-11,15-16H,1-2,4-5,12-14H2. The van der Waals surface area contributed by atoms with E-state index in [1.807, 2.05) is 6.07 Å². The fourth-order valence-electron chi connectivity index (χ4n) is 4.80. The number of likely N-dealkylation sites (tertiary alicyclic amines) is 1. The highest BCUT2D eigenvalue weighted by molar-refractivity contribution is 6.34. The summed E-state index contributed by atoms with van der Waals surface area (Å²) < 4.78 is 29.2. The van der Waals surface area contributed by atoms with Crippen molar-refractivity contribution < 1.29 is 18.4 Å². The molecule has 0 aliphatic carbocycles. The van der Waals surface area contributed by atoms with Gasteiger partial charge in [-0.2, -0.15) is 0 Å². The van der Waals surface area contributed by atoms with Crippen molar-refractivity contribution in [3.63, 3.8) is 0 Å². The molecule has 0 atom stereocenters. The number of rotatable bonds is 3. The summed E-state index contributed by atoms with van der Waals surface area (Å²) in [7, 11) is 0. The first-order chi connectivity index (χ1) is 16.4. The summed E-state index contributed by atoms with van der Waals surface area (Å²) in [5.74, 6) is -1.67. The van der Waals surface area contributed by atoms with E-state index in [0.717, 1.165) is 31.5 Å². The van der Waals surface area contributed by atoms with Crippen molar-refractivity contribution in [2.75, 3.05) is 24.5 Å². The lowest BCUT2D eigenvalue weighted by Crippen LogP contribution is -2.36. The van der Waals surface area contributed by atoms with Gasteiger partial charge in [0.1, 0.15) is 11.6 Å². The molecule has 0 radical (unpaired) electrons. The molecule has 3 aromatic carbocycles. The van der Waals surface area contributed by atoms with Crippen LogP contribution in [0.1, 0.15) is 45.5 Å². The Balaban J connectivity index is 1.48. The Morgan fingerprint density at radius 2 is 1.62 bits per heavy atom. The van der Waals surface area contributed by atoms with Crippen molar-refractivity contribution in [2.24, 2.45) is 0 Å². The average molecular weight is 481 g/mol. The van der Waals surface area contributed by atoms with E-state index in [-0.39, 0.29) is 16.5 Å². The molecule has 4 nitrogen and oxygen atoms in total. The van der Waals surface area contributed by atoms with Crippen LogP contribution in [0, 0.1) is 11.6 Å². The highest BCUT2D eigenvalue weighted by Gasteiger charge is 2.28. The Labute approximate surface area is 201 Å². The normalized spacial score (nSPS) is 15.4. The van der Waals surface area contributed by atoms with E-state index < -0.39 is 17.5 Å². The molecule has 2 heterocycles. The maximum Gasteiger partial charge on any atom is 0.262 e. The van der Waals surface area contributed by atoms with Crippen LogP contribution in [0.15, 0.2) is 54.6 Å². The number of hydrogen-bond donors (Lipinski definition) is 0. The van der Waals surface area contributed by atoms with E-state index in [9.17, 15) is 18.4 Å². The molecule has 2 aliphatic rings. The summed E-state index contributed by atoms with van der Waals surface area (Å²) in [5, 5.41) is 0.0651. The molecule has 0 bridgehead atoms. The number of nitrogens with zero attached hydrogens (tertiary/aromatic N) is 2. The van der Waals surface area contributed by atoms with Gasteiger partial charge in [-0.3, -0.25) is 9.59 Å². The lowest BCUT2D eigenvalue weighted by atomic mass is 9.94. The lowest BCUT2D eigenvalue weighted by molar-refractivity contribution is 0.0792. The second kappa shape index (κ2) is 9.18. The quantitative estimate of drug-likeness (QED) is 0.453. The van der Waals surface area contributed by atoms with Crippen LogP contribution in [-0.4, -0.2) is 36.3 Å². The van der Waals surface area contributed by atoms with E-state index in [2.05, 4.69) is 0 Å². The maximum absolute atomic E-state index is 14.8. The Bertz CT molecular complexity index is 1270. The first kappa shape index (κ1) is 22.5. The number of carbonyl (C=O) groups excluding carboxylic acids is 2. The predicted octanol–water partition coefficient (Wildman–Crippen LogP) is 6.11. The SMILES string of the molecule is O=C(c1ccc(F)c(-c2ccc3c(c2)CCCN3C(=O)c2c(F)cccc2Cl)c1)N1CCCC1. The van der Waals surface area contributed by atoms with Crippen molar-refractivity contribution in [1.29, 1.82) is 0 Å². The molecule has 0 spiro atoms. The van der Waals surface area contributed by atoms with Crippen molar-refractivity contribution in [3.05, 3.63) is 87.9 Å². The average Bonchev–Trinajstić information content (AvgIpc) is 3.38. The van der Waals surface area contributed by atoms with Crippen molar-refractivity contribution in [3.8, 4) is 11.1 Å². The third-order valence-electron chi connectivity index (χ3n) is 6.54. The van der Waals surface area contributed by atoms with Gasteiger partial charge in [0.2, 0.25) is 0 Å². The van der Waals surface area contributed by atoms with E-state index in [1.54, 1.807) is 23.1 Å². The third kappa shape index (κ3) is 4.07. The van der Waals surface area contributed by atoms with Crippen molar-refractivity contribution >= 4 is 29.1 Å². The predicted molar refractivity (Wildman–Crippen MR) is 128 cm³/mol. The van der Waals surface area contributed by atoms with Gasteiger partial charge in [-0.15, -0.1) is 0 Å². The largest absolute Gasteiger partial charge is 0.339 e.